The first-order chi connectivity index (χ1) is 8.50. The topological polar surface area (TPSA) is 32.3 Å². The predicted octanol–water partition coefficient (Wildman–Crippen LogP) is 2.58. The maximum atomic E-state index is 13.7. The highest BCUT2D eigenvalue weighted by Gasteiger charge is 2.28. The third-order valence-electron chi connectivity index (χ3n) is 3.12. The van der Waals surface area contributed by atoms with Crippen LogP contribution in [0.5, 0.6) is 0 Å². The van der Waals surface area contributed by atoms with Gasteiger partial charge in [-0.1, -0.05) is 15.9 Å². The summed E-state index contributed by atoms with van der Waals surface area (Å²) < 4.78 is 27.6. The third kappa shape index (κ3) is 3.43. The molecule has 1 unspecified atom stereocenters. The summed E-state index contributed by atoms with van der Waals surface area (Å²) in [5.74, 6) is -2.31. The molecule has 0 aromatic heterocycles. The van der Waals surface area contributed by atoms with E-state index >= 15 is 0 Å². The molecule has 1 saturated heterocycles. The lowest BCUT2D eigenvalue weighted by molar-refractivity contribution is 0.0734. The van der Waals surface area contributed by atoms with Crippen molar-refractivity contribution in [3.8, 4) is 0 Å². The molecule has 1 fully saturated rings. The molecular formula is C12H14BrClF2N2O. The number of halogens is 4. The number of hydrogen-bond donors (Lipinski definition) is 1. The number of carbonyl (C=O) groups is 1. The van der Waals surface area contributed by atoms with Gasteiger partial charge in [-0.05, 0) is 25.1 Å². The highest BCUT2D eigenvalue weighted by Crippen LogP contribution is 2.21. The minimum absolute atomic E-state index is 0. The Kier molecular flexibility index (Phi) is 5.70. The van der Waals surface area contributed by atoms with E-state index in [0.29, 0.717) is 6.54 Å². The fraction of sp³-hybridized carbons (Fsp3) is 0.417. The molecule has 19 heavy (non-hydrogen) atoms. The zero-order valence-electron chi connectivity index (χ0n) is 10.3. The maximum absolute atomic E-state index is 13.7. The van der Waals surface area contributed by atoms with E-state index in [1.807, 2.05) is 0 Å². The minimum Gasteiger partial charge on any atom is -0.337 e. The van der Waals surface area contributed by atoms with Crippen molar-refractivity contribution < 1.29 is 13.6 Å². The Bertz CT molecular complexity index is 458. The van der Waals surface area contributed by atoms with Gasteiger partial charge >= 0.3 is 0 Å². The summed E-state index contributed by atoms with van der Waals surface area (Å²) in [6, 6.07) is 2.17. The van der Waals surface area contributed by atoms with Crippen LogP contribution < -0.4 is 5.32 Å². The number of likely N-dealkylation sites (N-methyl/N-ethyl adjacent to an activating group) is 1. The van der Waals surface area contributed by atoms with Crippen molar-refractivity contribution in [3.63, 3.8) is 0 Å². The van der Waals surface area contributed by atoms with E-state index in [-0.39, 0.29) is 22.9 Å². The summed E-state index contributed by atoms with van der Waals surface area (Å²) in [6.45, 7) is 1.47. The van der Waals surface area contributed by atoms with Gasteiger partial charge in [0.25, 0.3) is 5.91 Å². The molecule has 0 radical (unpaired) electrons. The van der Waals surface area contributed by atoms with E-state index in [4.69, 9.17) is 0 Å². The number of nitrogens with zero attached hydrogens (tertiary/aromatic N) is 1. The first kappa shape index (κ1) is 16.3. The molecule has 1 aliphatic heterocycles. The Labute approximate surface area is 124 Å². The van der Waals surface area contributed by atoms with Crippen LogP contribution in [-0.2, 0) is 0 Å². The van der Waals surface area contributed by atoms with Crippen molar-refractivity contribution in [1.82, 2.24) is 10.2 Å². The van der Waals surface area contributed by atoms with Crippen LogP contribution in [0.1, 0.15) is 16.8 Å². The van der Waals surface area contributed by atoms with Crippen LogP contribution in [0.3, 0.4) is 0 Å². The zero-order valence-corrected chi connectivity index (χ0v) is 12.7. The molecule has 1 N–H and O–H groups in total. The first-order valence-electron chi connectivity index (χ1n) is 5.63. The number of rotatable bonds is 2. The van der Waals surface area contributed by atoms with E-state index in [1.165, 1.54) is 4.90 Å². The van der Waals surface area contributed by atoms with Gasteiger partial charge in [-0.15, -0.1) is 12.4 Å². The van der Waals surface area contributed by atoms with Crippen molar-refractivity contribution in [2.45, 2.75) is 12.5 Å². The summed E-state index contributed by atoms with van der Waals surface area (Å²) in [7, 11) is 1.57. The molecule has 106 valence electrons. The molecule has 0 spiro atoms. The molecule has 3 nitrogen and oxygen atoms in total. The summed E-state index contributed by atoms with van der Waals surface area (Å²) in [6.07, 6.45) is 0.794. The standard InChI is InChI=1S/C12H13BrF2N2O.ClH/c1-17(8-2-3-16-6-8)12(18)11-9(14)4-7(13)5-10(11)15;/h4-5,8,16H,2-3,6H2,1H3;1H. The van der Waals surface area contributed by atoms with E-state index in [1.54, 1.807) is 7.05 Å². The molecule has 0 aliphatic carbocycles. The molecule has 1 amide bonds. The summed E-state index contributed by atoms with van der Waals surface area (Å²) in [4.78, 5) is 13.5. The second-order valence-corrected chi connectivity index (χ2v) is 5.22. The second-order valence-electron chi connectivity index (χ2n) is 4.31. The Morgan fingerprint density at radius 1 is 1.42 bits per heavy atom. The summed E-state index contributed by atoms with van der Waals surface area (Å²) in [5.41, 5.74) is -0.493. The van der Waals surface area contributed by atoms with Crippen molar-refractivity contribution in [3.05, 3.63) is 33.8 Å². The molecule has 1 aliphatic rings. The lowest BCUT2D eigenvalue weighted by atomic mass is 10.1. The van der Waals surface area contributed by atoms with E-state index < -0.39 is 23.1 Å². The summed E-state index contributed by atoms with van der Waals surface area (Å²) in [5, 5.41) is 3.11. The van der Waals surface area contributed by atoms with Gasteiger partial charge in [0.2, 0.25) is 0 Å². The molecule has 1 aromatic carbocycles. The van der Waals surface area contributed by atoms with E-state index in [0.717, 1.165) is 25.1 Å². The van der Waals surface area contributed by atoms with Gasteiger partial charge in [0.05, 0.1) is 0 Å². The van der Waals surface area contributed by atoms with Crippen molar-refractivity contribution >= 4 is 34.2 Å². The monoisotopic (exact) mass is 354 g/mol. The predicted molar refractivity (Wildman–Crippen MR) is 74.7 cm³/mol. The van der Waals surface area contributed by atoms with Gasteiger partial charge in [-0.3, -0.25) is 4.79 Å². The largest absolute Gasteiger partial charge is 0.337 e. The Hall–Kier alpha value is -0.720. The average molecular weight is 356 g/mol. The van der Waals surface area contributed by atoms with Crippen LogP contribution in [-0.4, -0.2) is 37.0 Å². The highest BCUT2D eigenvalue weighted by molar-refractivity contribution is 9.10. The Morgan fingerprint density at radius 2 is 2.00 bits per heavy atom. The molecule has 0 saturated carbocycles. The Balaban J connectivity index is 0.00000180. The molecular weight excluding hydrogens is 341 g/mol. The van der Waals surface area contributed by atoms with Crippen LogP contribution in [0.25, 0.3) is 0 Å². The quantitative estimate of drug-likeness (QED) is 0.884. The molecule has 2 rings (SSSR count). The third-order valence-corrected chi connectivity index (χ3v) is 3.58. The van der Waals surface area contributed by atoms with Crippen LogP contribution in [0.4, 0.5) is 8.78 Å². The lowest BCUT2D eigenvalue weighted by Gasteiger charge is -2.24. The number of benzene rings is 1. The van der Waals surface area contributed by atoms with Crippen molar-refractivity contribution in [2.75, 3.05) is 20.1 Å². The summed E-state index contributed by atoms with van der Waals surface area (Å²) >= 11 is 2.98. The van der Waals surface area contributed by atoms with Gasteiger partial charge in [-0.25, -0.2) is 8.78 Å². The van der Waals surface area contributed by atoms with E-state index in [2.05, 4.69) is 21.2 Å². The first-order valence-corrected chi connectivity index (χ1v) is 6.42. The maximum Gasteiger partial charge on any atom is 0.259 e. The lowest BCUT2D eigenvalue weighted by Crippen LogP contribution is -2.39. The molecule has 7 heteroatoms. The smallest absolute Gasteiger partial charge is 0.259 e. The van der Waals surface area contributed by atoms with Crippen molar-refractivity contribution in [2.24, 2.45) is 0 Å². The van der Waals surface area contributed by atoms with Gasteiger partial charge in [0.1, 0.15) is 17.2 Å². The SMILES string of the molecule is CN(C(=O)c1c(F)cc(Br)cc1F)C1CCNC1.Cl. The fourth-order valence-electron chi connectivity index (χ4n) is 2.06. The Morgan fingerprint density at radius 3 is 2.47 bits per heavy atom. The van der Waals surface area contributed by atoms with Gasteiger partial charge in [-0.2, -0.15) is 0 Å². The minimum atomic E-state index is -0.843. The van der Waals surface area contributed by atoms with E-state index in [9.17, 15) is 13.6 Å². The number of hydrogen-bond acceptors (Lipinski definition) is 2. The number of nitrogens with one attached hydrogen (secondary N) is 1. The molecule has 1 heterocycles. The van der Waals surface area contributed by atoms with Gasteiger partial charge in [0, 0.05) is 24.1 Å². The van der Waals surface area contributed by atoms with Crippen LogP contribution >= 0.6 is 28.3 Å². The normalized spacial score (nSPS) is 18.0. The fourth-order valence-corrected chi connectivity index (χ4v) is 2.46. The van der Waals surface area contributed by atoms with Gasteiger partial charge in [0.15, 0.2) is 0 Å². The second kappa shape index (κ2) is 6.63. The molecule has 1 aromatic rings. The zero-order chi connectivity index (χ0) is 13.3. The van der Waals surface area contributed by atoms with Crippen LogP contribution in [0, 0.1) is 11.6 Å². The van der Waals surface area contributed by atoms with Crippen LogP contribution in [0.15, 0.2) is 16.6 Å². The number of carbonyl (C=O) groups excluding carboxylic acids is 1. The highest BCUT2D eigenvalue weighted by atomic mass is 79.9. The molecule has 0 bridgehead atoms. The molecule has 1 atom stereocenters. The van der Waals surface area contributed by atoms with Gasteiger partial charge < -0.3 is 10.2 Å². The number of amides is 1. The van der Waals surface area contributed by atoms with Crippen LogP contribution in [0.2, 0.25) is 0 Å². The van der Waals surface area contributed by atoms with Crippen molar-refractivity contribution in [1.29, 1.82) is 0 Å². The average Bonchev–Trinajstić information content (AvgIpc) is 2.79.